The summed E-state index contributed by atoms with van der Waals surface area (Å²) in [5, 5.41) is 3.19. The Morgan fingerprint density at radius 2 is 2.00 bits per heavy atom. The van der Waals surface area contributed by atoms with Gasteiger partial charge in [-0.15, -0.1) is 11.8 Å². The Balaban J connectivity index is 2.34. The summed E-state index contributed by atoms with van der Waals surface area (Å²) in [5.41, 5.74) is 0. The molecule has 1 aromatic rings. The molecular weight excluding hydrogens is 258 g/mol. The predicted molar refractivity (Wildman–Crippen MR) is 68.0 cm³/mol. The van der Waals surface area contributed by atoms with Gasteiger partial charge in [0.05, 0.1) is 0 Å². The van der Waals surface area contributed by atoms with E-state index in [9.17, 15) is 0 Å². The van der Waals surface area contributed by atoms with E-state index in [1.807, 2.05) is 18.8 Å². The quantitative estimate of drug-likeness (QED) is 0.826. The summed E-state index contributed by atoms with van der Waals surface area (Å²) in [6.45, 7) is 3.35. The lowest BCUT2D eigenvalue weighted by atomic mass is 10.2. The average Bonchev–Trinajstić information content (AvgIpc) is 2.17. The van der Waals surface area contributed by atoms with E-state index in [1.54, 1.807) is 0 Å². The second-order valence-electron chi connectivity index (χ2n) is 3.43. The monoisotopic (exact) mass is 273 g/mol. The number of nitrogens with one attached hydrogen (secondary N) is 1. The van der Waals surface area contributed by atoms with Gasteiger partial charge in [0, 0.05) is 15.1 Å². The summed E-state index contributed by atoms with van der Waals surface area (Å²) in [6, 6.07) is 8.48. The first-order valence-electron chi connectivity index (χ1n) is 4.75. The van der Waals surface area contributed by atoms with E-state index in [0.717, 1.165) is 11.0 Å². The van der Waals surface area contributed by atoms with Gasteiger partial charge in [-0.05, 0) is 43.8 Å². The van der Waals surface area contributed by atoms with Crippen LogP contribution < -0.4 is 5.32 Å². The third-order valence-electron chi connectivity index (χ3n) is 1.90. The van der Waals surface area contributed by atoms with Crippen LogP contribution in [0.15, 0.2) is 33.6 Å². The molecule has 78 valence electrons. The molecule has 1 rings (SSSR count). The molecule has 1 aromatic carbocycles. The highest BCUT2D eigenvalue weighted by molar-refractivity contribution is 9.10. The number of hydrogen-bond acceptors (Lipinski definition) is 2. The van der Waals surface area contributed by atoms with Gasteiger partial charge in [-0.1, -0.05) is 22.9 Å². The van der Waals surface area contributed by atoms with Crippen molar-refractivity contribution in [1.29, 1.82) is 0 Å². The molecule has 0 aromatic heterocycles. The fourth-order valence-electron chi connectivity index (χ4n) is 1.18. The van der Waals surface area contributed by atoms with Gasteiger partial charge in [0.15, 0.2) is 0 Å². The molecule has 0 heterocycles. The van der Waals surface area contributed by atoms with Crippen LogP contribution in [-0.4, -0.2) is 19.3 Å². The average molecular weight is 274 g/mol. The standard InChI is InChI=1S/C11H16BrNS/c1-9(7-13-2)8-14-11-5-3-10(12)4-6-11/h3-6,9,13H,7-8H2,1-2H3. The van der Waals surface area contributed by atoms with E-state index in [1.165, 1.54) is 10.6 Å². The van der Waals surface area contributed by atoms with Crippen LogP contribution >= 0.6 is 27.7 Å². The van der Waals surface area contributed by atoms with E-state index in [2.05, 4.69) is 52.4 Å². The maximum atomic E-state index is 3.43. The van der Waals surface area contributed by atoms with Crippen molar-refractivity contribution in [2.24, 2.45) is 5.92 Å². The summed E-state index contributed by atoms with van der Waals surface area (Å²) >= 11 is 5.35. The largest absolute Gasteiger partial charge is 0.319 e. The zero-order valence-electron chi connectivity index (χ0n) is 8.59. The Morgan fingerprint density at radius 1 is 1.36 bits per heavy atom. The van der Waals surface area contributed by atoms with Gasteiger partial charge < -0.3 is 5.32 Å². The van der Waals surface area contributed by atoms with Crippen molar-refractivity contribution in [3.63, 3.8) is 0 Å². The maximum absolute atomic E-state index is 3.43. The van der Waals surface area contributed by atoms with Crippen molar-refractivity contribution in [2.75, 3.05) is 19.3 Å². The Kier molecular flexibility index (Phi) is 5.60. The van der Waals surface area contributed by atoms with Gasteiger partial charge in [-0.3, -0.25) is 0 Å². The first-order chi connectivity index (χ1) is 6.72. The van der Waals surface area contributed by atoms with Crippen LogP contribution in [0.1, 0.15) is 6.92 Å². The first kappa shape index (κ1) is 12.1. The van der Waals surface area contributed by atoms with Gasteiger partial charge in [-0.25, -0.2) is 0 Å². The lowest BCUT2D eigenvalue weighted by molar-refractivity contribution is 0.603. The molecule has 0 bridgehead atoms. The molecule has 0 aliphatic heterocycles. The Morgan fingerprint density at radius 3 is 2.57 bits per heavy atom. The summed E-state index contributed by atoms with van der Waals surface area (Å²) in [4.78, 5) is 1.34. The van der Waals surface area contributed by atoms with E-state index in [0.29, 0.717) is 5.92 Å². The number of thioether (sulfide) groups is 1. The molecule has 0 aliphatic rings. The van der Waals surface area contributed by atoms with Gasteiger partial charge >= 0.3 is 0 Å². The molecular formula is C11H16BrNS. The number of benzene rings is 1. The molecule has 0 radical (unpaired) electrons. The molecule has 3 heteroatoms. The van der Waals surface area contributed by atoms with Crippen LogP contribution in [0.25, 0.3) is 0 Å². The lowest BCUT2D eigenvalue weighted by Crippen LogP contribution is -2.17. The van der Waals surface area contributed by atoms with Crippen molar-refractivity contribution in [3.05, 3.63) is 28.7 Å². The predicted octanol–water partition coefficient (Wildman–Crippen LogP) is 3.40. The van der Waals surface area contributed by atoms with Gasteiger partial charge in [-0.2, -0.15) is 0 Å². The highest BCUT2D eigenvalue weighted by Crippen LogP contribution is 2.22. The van der Waals surface area contributed by atoms with E-state index >= 15 is 0 Å². The second kappa shape index (κ2) is 6.49. The summed E-state index contributed by atoms with van der Waals surface area (Å²) in [6.07, 6.45) is 0. The molecule has 0 fully saturated rings. The van der Waals surface area contributed by atoms with Crippen molar-refractivity contribution in [2.45, 2.75) is 11.8 Å². The maximum Gasteiger partial charge on any atom is 0.0176 e. The van der Waals surface area contributed by atoms with Crippen LogP contribution in [0.2, 0.25) is 0 Å². The molecule has 1 atom stereocenters. The fourth-order valence-corrected chi connectivity index (χ4v) is 2.36. The third-order valence-corrected chi connectivity index (χ3v) is 3.77. The SMILES string of the molecule is CNCC(C)CSc1ccc(Br)cc1. The van der Waals surface area contributed by atoms with Crippen LogP contribution in [0.4, 0.5) is 0 Å². The Bertz CT molecular complexity index is 260. The van der Waals surface area contributed by atoms with Crippen molar-refractivity contribution < 1.29 is 0 Å². The van der Waals surface area contributed by atoms with Gasteiger partial charge in [0.2, 0.25) is 0 Å². The molecule has 1 unspecified atom stereocenters. The highest BCUT2D eigenvalue weighted by atomic mass is 79.9. The van der Waals surface area contributed by atoms with Crippen molar-refractivity contribution in [1.82, 2.24) is 5.32 Å². The fraction of sp³-hybridized carbons (Fsp3) is 0.455. The van der Waals surface area contributed by atoms with Crippen molar-refractivity contribution in [3.8, 4) is 0 Å². The molecule has 14 heavy (non-hydrogen) atoms. The van der Waals surface area contributed by atoms with Crippen LogP contribution in [0.5, 0.6) is 0 Å². The molecule has 1 N–H and O–H groups in total. The lowest BCUT2D eigenvalue weighted by Gasteiger charge is -2.09. The molecule has 0 saturated heterocycles. The molecule has 1 nitrogen and oxygen atoms in total. The summed E-state index contributed by atoms with van der Waals surface area (Å²) in [5.74, 6) is 1.89. The van der Waals surface area contributed by atoms with Gasteiger partial charge in [0.1, 0.15) is 0 Å². The van der Waals surface area contributed by atoms with E-state index < -0.39 is 0 Å². The van der Waals surface area contributed by atoms with Gasteiger partial charge in [0.25, 0.3) is 0 Å². The summed E-state index contributed by atoms with van der Waals surface area (Å²) < 4.78 is 1.14. The molecule has 0 saturated carbocycles. The minimum absolute atomic E-state index is 0.716. The number of hydrogen-bond donors (Lipinski definition) is 1. The van der Waals surface area contributed by atoms with Crippen molar-refractivity contribution >= 4 is 27.7 Å². The second-order valence-corrected chi connectivity index (χ2v) is 5.44. The number of halogens is 1. The minimum atomic E-state index is 0.716. The normalized spacial score (nSPS) is 12.8. The zero-order chi connectivity index (χ0) is 10.4. The Labute approximate surface area is 98.8 Å². The zero-order valence-corrected chi connectivity index (χ0v) is 11.0. The third kappa shape index (κ3) is 4.49. The topological polar surface area (TPSA) is 12.0 Å². The highest BCUT2D eigenvalue weighted by Gasteiger charge is 2.01. The first-order valence-corrected chi connectivity index (χ1v) is 6.53. The Hall–Kier alpha value is 0.01000. The van der Waals surface area contributed by atoms with E-state index in [4.69, 9.17) is 0 Å². The summed E-state index contributed by atoms with van der Waals surface area (Å²) in [7, 11) is 2.00. The molecule has 0 spiro atoms. The molecule has 0 amide bonds. The number of rotatable bonds is 5. The van der Waals surface area contributed by atoms with E-state index in [-0.39, 0.29) is 0 Å². The van der Waals surface area contributed by atoms with Crippen LogP contribution in [0.3, 0.4) is 0 Å². The van der Waals surface area contributed by atoms with Crippen LogP contribution in [-0.2, 0) is 0 Å². The molecule has 0 aliphatic carbocycles. The van der Waals surface area contributed by atoms with Crippen LogP contribution in [0, 0.1) is 5.92 Å². The smallest absolute Gasteiger partial charge is 0.0176 e. The minimum Gasteiger partial charge on any atom is -0.319 e.